The van der Waals surface area contributed by atoms with Crippen molar-refractivity contribution >= 4 is 30.3 Å². The van der Waals surface area contributed by atoms with Gasteiger partial charge in [-0.25, -0.2) is 0 Å². The summed E-state index contributed by atoms with van der Waals surface area (Å²) in [6, 6.07) is 13.7. The van der Waals surface area contributed by atoms with E-state index in [9.17, 15) is 4.79 Å². The minimum atomic E-state index is -0.304. The number of hydrogen-bond acceptors (Lipinski definition) is 6. The van der Waals surface area contributed by atoms with Crippen LogP contribution in [0, 0.1) is 6.92 Å². The van der Waals surface area contributed by atoms with Gasteiger partial charge in [-0.05, 0) is 73.6 Å². The molecule has 0 bridgehead atoms. The van der Waals surface area contributed by atoms with E-state index >= 15 is 0 Å². The zero-order chi connectivity index (χ0) is 20.6. The molecule has 0 saturated heterocycles. The number of ether oxygens (including phenoxy) is 2. The number of nitrogens with zero attached hydrogens (tertiary/aromatic N) is 1. The fourth-order valence-electron chi connectivity index (χ4n) is 3.62. The van der Waals surface area contributed by atoms with Crippen molar-refractivity contribution < 1.29 is 14.3 Å². The second-order valence-electron chi connectivity index (χ2n) is 7.50. The fraction of sp³-hybridized carbons (Fsp3) is 0.391. The van der Waals surface area contributed by atoms with Crippen molar-refractivity contribution in [2.45, 2.75) is 51.7 Å². The van der Waals surface area contributed by atoms with Gasteiger partial charge < -0.3 is 20.6 Å². The lowest BCUT2D eigenvalue weighted by molar-refractivity contribution is -0.141. The van der Waals surface area contributed by atoms with Crippen LogP contribution in [0.2, 0.25) is 0 Å². The van der Waals surface area contributed by atoms with Gasteiger partial charge in [0, 0.05) is 12.6 Å². The van der Waals surface area contributed by atoms with E-state index in [1.807, 2.05) is 30.3 Å². The molecule has 2 aromatic carbocycles. The van der Waals surface area contributed by atoms with Gasteiger partial charge >= 0.3 is 5.97 Å². The van der Waals surface area contributed by atoms with Gasteiger partial charge in [-0.2, -0.15) is 5.10 Å². The molecule has 1 aliphatic rings. The van der Waals surface area contributed by atoms with Gasteiger partial charge in [0.25, 0.3) is 0 Å². The van der Waals surface area contributed by atoms with E-state index in [0.717, 1.165) is 41.0 Å². The minimum absolute atomic E-state index is 0. The highest BCUT2D eigenvalue weighted by Crippen LogP contribution is 2.29. The first-order valence-corrected chi connectivity index (χ1v) is 10.0. The summed E-state index contributed by atoms with van der Waals surface area (Å²) in [7, 11) is 0. The van der Waals surface area contributed by atoms with Crippen molar-refractivity contribution in [2.75, 3.05) is 11.9 Å². The predicted octanol–water partition coefficient (Wildman–Crippen LogP) is 4.75. The number of esters is 1. The van der Waals surface area contributed by atoms with Gasteiger partial charge in [-0.3, -0.25) is 4.79 Å². The average molecular weight is 432 g/mol. The van der Waals surface area contributed by atoms with Crippen LogP contribution >= 0.6 is 12.4 Å². The maximum Gasteiger partial charge on any atom is 0.302 e. The van der Waals surface area contributed by atoms with Gasteiger partial charge in [-0.15, -0.1) is 12.4 Å². The average Bonchev–Trinajstić information content (AvgIpc) is 3.19. The number of carbonyl (C=O) groups excluding carboxylic acids is 1. The predicted molar refractivity (Wildman–Crippen MR) is 123 cm³/mol. The molecule has 1 unspecified atom stereocenters. The maximum absolute atomic E-state index is 11.4. The number of nitrogens with one attached hydrogen (secondary N) is 1. The smallest absolute Gasteiger partial charge is 0.302 e. The Hall–Kier alpha value is -2.73. The molecule has 3 rings (SSSR count). The van der Waals surface area contributed by atoms with Crippen LogP contribution in [-0.4, -0.2) is 24.9 Å². The third kappa shape index (κ3) is 6.95. The lowest BCUT2D eigenvalue weighted by atomic mass is 10.0. The molecule has 6 nitrogen and oxygen atoms in total. The maximum atomic E-state index is 11.4. The molecule has 1 fully saturated rings. The van der Waals surface area contributed by atoms with Gasteiger partial charge in [-0.1, -0.05) is 18.2 Å². The van der Waals surface area contributed by atoms with E-state index in [4.69, 9.17) is 15.3 Å². The Morgan fingerprint density at radius 2 is 1.93 bits per heavy atom. The van der Waals surface area contributed by atoms with Gasteiger partial charge in [0.1, 0.15) is 12.4 Å². The molecule has 0 heterocycles. The number of carbonyl (C=O) groups is 1. The molecule has 1 saturated carbocycles. The zero-order valence-electron chi connectivity index (χ0n) is 17.5. The molecule has 0 aromatic heterocycles. The normalized spacial score (nSPS) is 14.9. The van der Waals surface area contributed by atoms with Gasteiger partial charge in [0.15, 0.2) is 0 Å². The van der Waals surface area contributed by atoms with Crippen LogP contribution in [0.4, 0.5) is 5.69 Å². The van der Waals surface area contributed by atoms with E-state index in [1.165, 1.54) is 19.8 Å². The van der Waals surface area contributed by atoms with Crippen LogP contribution in [-0.2, 0) is 9.53 Å². The number of hydrazone groups is 1. The first-order chi connectivity index (χ1) is 14.0. The van der Waals surface area contributed by atoms with Crippen molar-refractivity contribution in [3.05, 3.63) is 59.2 Å². The lowest BCUT2D eigenvalue weighted by Gasteiger charge is -2.22. The van der Waals surface area contributed by atoms with Gasteiger partial charge in [0.2, 0.25) is 0 Å². The number of halogens is 1. The second kappa shape index (κ2) is 11.5. The van der Waals surface area contributed by atoms with E-state index in [-0.39, 0.29) is 31.0 Å². The SMILES string of the molecule is CC(=O)OCC(Nc1ccc(C=NN)cc1)c1cc(C)cc(OC2CCCC2)c1.Cl. The van der Waals surface area contributed by atoms with E-state index in [2.05, 4.69) is 29.5 Å². The fourth-order valence-corrected chi connectivity index (χ4v) is 3.62. The highest BCUT2D eigenvalue weighted by atomic mass is 35.5. The quantitative estimate of drug-likeness (QED) is 0.272. The van der Waals surface area contributed by atoms with Crippen LogP contribution in [0.3, 0.4) is 0 Å². The third-order valence-corrected chi connectivity index (χ3v) is 5.01. The minimum Gasteiger partial charge on any atom is -0.490 e. The lowest BCUT2D eigenvalue weighted by Crippen LogP contribution is -2.19. The molecular weight excluding hydrogens is 402 g/mol. The molecule has 162 valence electrons. The largest absolute Gasteiger partial charge is 0.490 e. The Balaban J connectivity index is 0.00000320. The molecule has 0 spiro atoms. The zero-order valence-corrected chi connectivity index (χ0v) is 18.3. The van der Waals surface area contributed by atoms with Crippen molar-refractivity contribution in [2.24, 2.45) is 10.9 Å². The van der Waals surface area contributed by atoms with Crippen LogP contribution in [0.25, 0.3) is 0 Å². The summed E-state index contributed by atoms with van der Waals surface area (Å²) in [5.41, 5.74) is 3.96. The van der Waals surface area contributed by atoms with Crippen molar-refractivity contribution in [3.8, 4) is 5.75 Å². The Morgan fingerprint density at radius 1 is 1.23 bits per heavy atom. The summed E-state index contributed by atoms with van der Waals surface area (Å²) in [6.45, 7) is 3.70. The monoisotopic (exact) mass is 431 g/mol. The van der Waals surface area contributed by atoms with Crippen LogP contribution in [0.5, 0.6) is 5.75 Å². The number of anilines is 1. The van der Waals surface area contributed by atoms with Crippen LogP contribution in [0.1, 0.15) is 55.3 Å². The molecule has 2 aromatic rings. The standard InChI is InChI=1S/C23H29N3O3.ClH/c1-16-11-19(13-22(12-16)29-21-5-3-4-6-21)23(15-28-17(2)27)26-20-9-7-18(8-10-20)14-25-24;/h7-14,21,23,26H,3-6,15,24H2,1-2H3;1H. The summed E-state index contributed by atoms with van der Waals surface area (Å²) in [6.07, 6.45) is 6.55. The molecule has 1 aliphatic carbocycles. The Kier molecular flexibility index (Phi) is 8.99. The van der Waals surface area contributed by atoms with E-state index < -0.39 is 0 Å². The number of rotatable bonds is 8. The topological polar surface area (TPSA) is 85.9 Å². The highest BCUT2D eigenvalue weighted by molar-refractivity contribution is 5.85. The van der Waals surface area contributed by atoms with Crippen LogP contribution in [0.15, 0.2) is 47.6 Å². The summed E-state index contributed by atoms with van der Waals surface area (Å²) >= 11 is 0. The van der Waals surface area contributed by atoms with E-state index in [1.54, 1.807) is 6.21 Å². The number of nitrogens with two attached hydrogens (primary N) is 1. The molecule has 30 heavy (non-hydrogen) atoms. The third-order valence-electron chi connectivity index (χ3n) is 5.01. The number of benzene rings is 2. The van der Waals surface area contributed by atoms with Crippen molar-refractivity contribution in [1.29, 1.82) is 0 Å². The molecule has 3 N–H and O–H groups in total. The molecule has 1 atom stereocenters. The molecule has 0 aliphatic heterocycles. The Morgan fingerprint density at radius 3 is 2.57 bits per heavy atom. The first kappa shape index (κ1) is 23.5. The van der Waals surface area contributed by atoms with E-state index in [0.29, 0.717) is 6.10 Å². The summed E-state index contributed by atoms with van der Waals surface area (Å²) in [5, 5.41) is 7.00. The number of aryl methyl sites for hydroxylation is 1. The number of hydrogen-bond donors (Lipinski definition) is 2. The molecule has 0 radical (unpaired) electrons. The molecule has 7 heteroatoms. The van der Waals surface area contributed by atoms with Crippen molar-refractivity contribution in [3.63, 3.8) is 0 Å². The highest BCUT2D eigenvalue weighted by Gasteiger charge is 2.19. The molecular formula is C23H30ClN3O3. The summed E-state index contributed by atoms with van der Waals surface area (Å²) in [4.78, 5) is 11.4. The first-order valence-electron chi connectivity index (χ1n) is 10.0. The second-order valence-corrected chi connectivity index (χ2v) is 7.50. The summed E-state index contributed by atoms with van der Waals surface area (Å²) in [5.74, 6) is 5.77. The van der Waals surface area contributed by atoms with Crippen molar-refractivity contribution in [1.82, 2.24) is 0 Å². The Bertz CT molecular complexity index is 849. The van der Waals surface area contributed by atoms with Gasteiger partial charge in [0.05, 0.1) is 18.4 Å². The summed E-state index contributed by atoms with van der Waals surface area (Å²) < 4.78 is 11.5. The molecule has 0 amide bonds. The Labute approximate surface area is 184 Å². The van der Waals surface area contributed by atoms with Crippen LogP contribution < -0.4 is 15.9 Å².